The molecule has 0 unspecified atom stereocenters. The number of carbonyl (C=O) groups excluding carboxylic acids is 1. The molecule has 36 heavy (non-hydrogen) atoms. The fourth-order valence-electron chi connectivity index (χ4n) is 2.69. The van der Waals surface area contributed by atoms with Gasteiger partial charge >= 0.3 is 6.03 Å². The van der Waals surface area contributed by atoms with Crippen molar-refractivity contribution in [1.29, 1.82) is 0 Å². The zero-order chi connectivity index (χ0) is 24.8. The van der Waals surface area contributed by atoms with E-state index in [0.29, 0.717) is 28.8 Å². The Kier molecular flexibility index (Phi) is 16.9. The van der Waals surface area contributed by atoms with Gasteiger partial charge in [-0.25, -0.2) is 4.79 Å². The number of halogens is 4. The summed E-state index contributed by atoms with van der Waals surface area (Å²) >= 11 is 11.7. The lowest BCUT2D eigenvalue weighted by Gasteiger charge is -2.07. The van der Waals surface area contributed by atoms with Gasteiger partial charge in [0.2, 0.25) is 11.9 Å². The van der Waals surface area contributed by atoms with Crippen LogP contribution in [0.4, 0.5) is 16.2 Å². The topological polar surface area (TPSA) is 168 Å². The van der Waals surface area contributed by atoms with Crippen molar-refractivity contribution in [3.8, 4) is 0 Å². The lowest BCUT2D eigenvalue weighted by atomic mass is 10.2. The van der Waals surface area contributed by atoms with Crippen LogP contribution in [-0.2, 0) is 0 Å². The average molecular weight is 579 g/mol. The molecule has 0 aromatic heterocycles. The first-order chi connectivity index (χ1) is 16.3. The minimum atomic E-state index is -0.467. The molecule has 9 N–H and O–H groups in total. The summed E-state index contributed by atoms with van der Waals surface area (Å²) in [5.74, 6) is 0.320. The molecule has 0 aliphatic heterocycles. The smallest absolute Gasteiger partial charge is 0.325 e. The van der Waals surface area contributed by atoms with Gasteiger partial charge in [0.05, 0.1) is 0 Å². The number of guanidine groups is 3. The molecule has 2 rings (SSSR count). The molecule has 0 spiro atoms. The largest absolute Gasteiger partial charge is 0.370 e. The fraction of sp³-hybridized carbons (Fsp3) is 0.273. The summed E-state index contributed by atoms with van der Waals surface area (Å²) in [6, 6.07) is 13.3. The molecule has 0 aliphatic carbocycles. The Morgan fingerprint density at radius 2 is 1.17 bits per heavy atom. The number of anilines is 2. The number of benzene rings is 2. The van der Waals surface area contributed by atoms with Crippen LogP contribution < -0.4 is 33.2 Å². The first-order valence-corrected chi connectivity index (χ1v) is 11.4. The number of carbonyl (C=O) groups is 1. The molecule has 0 heterocycles. The van der Waals surface area contributed by atoms with E-state index < -0.39 is 6.03 Å². The number of nitrogens with one attached hydrogen (secondary N) is 3. The Hall–Kier alpha value is -2.92. The van der Waals surface area contributed by atoms with Crippen molar-refractivity contribution in [3.05, 3.63) is 58.6 Å². The van der Waals surface area contributed by atoms with Gasteiger partial charge in [0, 0.05) is 34.5 Å². The molecular weight excluding hydrogens is 548 g/mol. The van der Waals surface area contributed by atoms with Gasteiger partial charge < -0.3 is 27.8 Å². The number of amides is 2. The molecule has 198 valence electrons. The number of hydrogen-bond donors (Lipinski definition) is 6. The Labute approximate surface area is 233 Å². The highest BCUT2D eigenvalue weighted by atomic mass is 35.5. The fourth-order valence-corrected chi connectivity index (χ4v) is 2.94. The van der Waals surface area contributed by atoms with Gasteiger partial charge in [0.25, 0.3) is 0 Å². The molecule has 0 saturated heterocycles. The van der Waals surface area contributed by atoms with Gasteiger partial charge in [-0.3, -0.25) is 15.3 Å². The molecule has 2 amide bonds. The van der Waals surface area contributed by atoms with Crippen molar-refractivity contribution in [2.75, 3.05) is 23.7 Å². The monoisotopic (exact) mass is 577 g/mol. The summed E-state index contributed by atoms with van der Waals surface area (Å²) < 4.78 is 0. The van der Waals surface area contributed by atoms with Gasteiger partial charge in [-0.1, -0.05) is 36.0 Å². The maximum Gasteiger partial charge on any atom is 0.325 e. The summed E-state index contributed by atoms with van der Waals surface area (Å²) in [6.07, 6.45) is 3.56. The third-order valence-electron chi connectivity index (χ3n) is 4.32. The predicted molar refractivity (Wildman–Crippen MR) is 156 cm³/mol. The highest BCUT2D eigenvalue weighted by Gasteiger charge is 2.03. The third-order valence-corrected chi connectivity index (χ3v) is 4.82. The quantitative estimate of drug-likeness (QED) is 0.145. The number of urea groups is 1. The molecule has 14 heteroatoms. The third kappa shape index (κ3) is 14.5. The number of aliphatic imine (C=N–C) groups is 3. The number of rotatable bonds is 9. The van der Waals surface area contributed by atoms with E-state index in [1.807, 2.05) is 0 Å². The van der Waals surface area contributed by atoms with Crippen LogP contribution in [0.3, 0.4) is 0 Å². The lowest BCUT2D eigenvalue weighted by Crippen LogP contribution is -2.39. The maximum atomic E-state index is 11.9. The zero-order valence-electron chi connectivity index (χ0n) is 19.4. The molecule has 2 aromatic carbocycles. The van der Waals surface area contributed by atoms with Gasteiger partial charge in [0.15, 0.2) is 5.96 Å². The second-order valence-electron chi connectivity index (χ2n) is 7.14. The van der Waals surface area contributed by atoms with E-state index in [2.05, 4.69) is 30.9 Å². The van der Waals surface area contributed by atoms with E-state index in [1.165, 1.54) is 0 Å². The number of unbranched alkanes of at least 4 members (excludes halogenated alkanes) is 3. The Morgan fingerprint density at radius 3 is 1.69 bits per heavy atom. The lowest BCUT2D eigenvalue weighted by molar-refractivity contribution is 0.256. The van der Waals surface area contributed by atoms with E-state index in [-0.39, 0.29) is 42.7 Å². The second kappa shape index (κ2) is 18.4. The van der Waals surface area contributed by atoms with Crippen molar-refractivity contribution in [2.24, 2.45) is 32.2 Å². The Morgan fingerprint density at radius 1 is 0.694 bits per heavy atom. The average Bonchev–Trinajstić information content (AvgIpc) is 2.78. The summed E-state index contributed by atoms with van der Waals surface area (Å²) in [4.78, 5) is 24.2. The van der Waals surface area contributed by atoms with Crippen LogP contribution in [0.1, 0.15) is 25.7 Å². The standard InChI is InChI=1S/C22H29Cl2N9O.2ClH/c23-15-5-9-17(10-6-15)30-21(27)32-19(25)28-13-3-1-2-4-14-29-20(26)33-22(34)31-18-11-7-16(24)8-12-18;;/h5-12H,1-4,13-14H2,(H5,25,27,28,30,32)(H4,26,29,31,33,34);2*1H. The van der Waals surface area contributed by atoms with E-state index >= 15 is 0 Å². The van der Waals surface area contributed by atoms with Crippen molar-refractivity contribution in [2.45, 2.75) is 25.7 Å². The first kappa shape index (κ1) is 33.1. The van der Waals surface area contributed by atoms with E-state index in [4.69, 9.17) is 40.4 Å². The zero-order valence-corrected chi connectivity index (χ0v) is 22.6. The minimum Gasteiger partial charge on any atom is -0.370 e. The molecule has 0 radical (unpaired) electrons. The molecule has 0 fully saturated rings. The Balaban J connectivity index is 0.00000612. The molecule has 0 aliphatic rings. The van der Waals surface area contributed by atoms with Crippen LogP contribution in [0.25, 0.3) is 0 Å². The van der Waals surface area contributed by atoms with Crippen molar-refractivity contribution < 1.29 is 4.79 Å². The van der Waals surface area contributed by atoms with Crippen LogP contribution in [0.2, 0.25) is 10.0 Å². The Bertz CT molecular complexity index is 1010. The van der Waals surface area contributed by atoms with Crippen LogP contribution in [-0.4, -0.2) is 37.0 Å². The molecule has 10 nitrogen and oxygen atoms in total. The van der Waals surface area contributed by atoms with Gasteiger partial charge in [-0.05, 0) is 61.4 Å². The molecule has 2 aromatic rings. The SMILES string of the molecule is Cl.Cl.NC(=NCCCCCCN=C(N)NC(=O)Nc1ccc(Cl)cc1)/N=C(\N)Nc1ccc(Cl)cc1. The van der Waals surface area contributed by atoms with Crippen LogP contribution in [0.5, 0.6) is 0 Å². The highest BCUT2D eigenvalue weighted by Crippen LogP contribution is 2.13. The normalized spacial score (nSPS) is 11.7. The molecule has 0 atom stereocenters. The molecular formula is C22H31Cl4N9O. The number of nitrogens with two attached hydrogens (primary N) is 3. The van der Waals surface area contributed by atoms with Crippen LogP contribution in [0, 0.1) is 0 Å². The van der Waals surface area contributed by atoms with Gasteiger partial charge in [-0.2, -0.15) is 4.99 Å². The van der Waals surface area contributed by atoms with E-state index in [1.54, 1.807) is 48.5 Å². The summed E-state index contributed by atoms with van der Waals surface area (Å²) in [5, 5.41) is 9.25. The number of nitrogens with zero attached hydrogens (tertiary/aromatic N) is 3. The number of hydrogen-bond acceptors (Lipinski definition) is 3. The van der Waals surface area contributed by atoms with Crippen LogP contribution >= 0.6 is 48.0 Å². The van der Waals surface area contributed by atoms with Gasteiger partial charge in [0.1, 0.15) is 0 Å². The van der Waals surface area contributed by atoms with Crippen molar-refractivity contribution >= 4 is 83.3 Å². The van der Waals surface area contributed by atoms with Crippen LogP contribution in [0.15, 0.2) is 63.5 Å². The first-order valence-electron chi connectivity index (χ1n) is 10.6. The van der Waals surface area contributed by atoms with Crippen molar-refractivity contribution in [3.63, 3.8) is 0 Å². The summed E-state index contributed by atoms with van der Waals surface area (Å²) in [5.41, 5.74) is 18.7. The second-order valence-corrected chi connectivity index (χ2v) is 8.01. The van der Waals surface area contributed by atoms with E-state index in [0.717, 1.165) is 31.4 Å². The summed E-state index contributed by atoms with van der Waals surface area (Å²) in [7, 11) is 0. The van der Waals surface area contributed by atoms with Gasteiger partial charge in [-0.15, -0.1) is 24.8 Å². The maximum absolute atomic E-state index is 11.9. The molecule has 0 saturated carbocycles. The molecule has 0 bridgehead atoms. The predicted octanol–water partition coefficient (Wildman–Crippen LogP) is 4.58. The van der Waals surface area contributed by atoms with Crippen molar-refractivity contribution in [1.82, 2.24) is 5.32 Å². The summed E-state index contributed by atoms with van der Waals surface area (Å²) in [6.45, 7) is 1.05. The highest BCUT2D eigenvalue weighted by molar-refractivity contribution is 6.31. The van der Waals surface area contributed by atoms with E-state index in [9.17, 15) is 4.79 Å². The minimum absolute atomic E-state index is 0.